The fourth-order valence-electron chi connectivity index (χ4n) is 2.69. The van der Waals surface area contributed by atoms with E-state index in [1.807, 2.05) is 0 Å². The van der Waals surface area contributed by atoms with Gasteiger partial charge in [-0.1, -0.05) is 19.3 Å². The van der Waals surface area contributed by atoms with Crippen LogP contribution in [0.1, 0.15) is 32.1 Å². The smallest absolute Gasteiger partial charge is 0.152 e. The third-order valence-corrected chi connectivity index (χ3v) is 5.35. The molecule has 1 aliphatic carbocycles. The molecule has 5 heteroatoms. The predicted octanol–water partition coefficient (Wildman–Crippen LogP) is 0.412. The van der Waals surface area contributed by atoms with Gasteiger partial charge in [-0.3, -0.25) is 4.90 Å². The minimum Gasteiger partial charge on any atom is -0.389 e. The molecular formula is C11H21NO3S. The molecule has 0 aromatic rings. The summed E-state index contributed by atoms with van der Waals surface area (Å²) in [5, 5.41) is 10.4. The lowest BCUT2D eigenvalue weighted by molar-refractivity contribution is -0.0245. The molecule has 0 spiro atoms. The number of aliphatic hydroxyl groups is 1. The SMILES string of the molecule is O=S1(=O)CCN(CC2(O)CCCCC2)CC1. The van der Waals surface area contributed by atoms with E-state index in [1.54, 1.807) is 0 Å². The minimum atomic E-state index is -2.80. The molecule has 94 valence electrons. The lowest BCUT2D eigenvalue weighted by atomic mass is 9.84. The van der Waals surface area contributed by atoms with Crippen LogP contribution in [0.4, 0.5) is 0 Å². The highest BCUT2D eigenvalue weighted by Gasteiger charge is 2.33. The van der Waals surface area contributed by atoms with Gasteiger partial charge in [-0.25, -0.2) is 8.42 Å². The Morgan fingerprint density at radius 3 is 2.19 bits per heavy atom. The van der Waals surface area contributed by atoms with Gasteiger partial charge in [0.1, 0.15) is 0 Å². The Labute approximate surface area is 97.6 Å². The van der Waals surface area contributed by atoms with Gasteiger partial charge >= 0.3 is 0 Å². The molecule has 1 N–H and O–H groups in total. The number of nitrogens with zero attached hydrogens (tertiary/aromatic N) is 1. The molecule has 0 radical (unpaired) electrons. The maximum atomic E-state index is 11.3. The maximum Gasteiger partial charge on any atom is 0.152 e. The monoisotopic (exact) mass is 247 g/mol. The molecule has 1 saturated carbocycles. The molecule has 16 heavy (non-hydrogen) atoms. The first-order valence-electron chi connectivity index (χ1n) is 6.14. The van der Waals surface area contributed by atoms with Crippen LogP contribution in [0.5, 0.6) is 0 Å². The maximum absolute atomic E-state index is 11.3. The summed E-state index contributed by atoms with van der Waals surface area (Å²) in [6.07, 6.45) is 5.16. The summed E-state index contributed by atoms with van der Waals surface area (Å²) in [7, 11) is -2.80. The summed E-state index contributed by atoms with van der Waals surface area (Å²) in [6, 6.07) is 0. The molecule has 0 unspecified atom stereocenters. The van der Waals surface area contributed by atoms with Gasteiger partial charge in [0.15, 0.2) is 9.84 Å². The third-order valence-electron chi connectivity index (χ3n) is 3.74. The molecule has 1 saturated heterocycles. The van der Waals surface area contributed by atoms with E-state index in [4.69, 9.17) is 0 Å². The fraction of sp³-hybridized carbons (Fsp3) is 1.00. The Hall–Kier alpha value is -0.130. The standard InChI is InChI=1S/C11H21NO3S/c13-11(4-2-1-3-5-11)10-12-6-8-16(14,15)9-7-12/h13H,1-10H2. The molecule has 0 aromatic carbocycles. The van der Waals surface area contributed by atoms with Gasteiger partial charge < -0.3 is 5.11 Å². The molecule has 0 amide bonds. The van der Waals surface area contributed by atoms with Crippen LogP contribution in [0.15, 0.2) is 0 Å². The van der Waals surface area contributed by atoms with Crippen LogP contribution >= 0.6 is 0 Å². The number of hydrogen-bond acceptors (Lipinski definition) is 4. The average molecular weight is 247 g/mol. The molecule has 2 aliphatic rings. The summed E-state index contributed by atoms with van der Waals surface area (Å²) >= 11 is 0. The fourth-order valence-corrected chi connectivity index (χ4v) is 3.97. The van der Waals surface area contributed by atoms with Crippen molar-refractivity contribution >= 4 is 9.84 Å². The van der Waals surface area contributed by atoms with Gasteiger partial charge in [0.25, 0.3) is 0 Å². The number of β-amino-alcohol motifs (C(OH)–C–C–N with tert-alkyl or cyclic N) is 1. The van der Waals surface area contributed by atoms with Gasteiger partial charge in [0.05, 0.1) is 17.1 Å². The highest BCUT2D eigenvalue weighted by atomic mass is 32.2. The van der Waals surface area contributed by atoms with Crippen molar-refractivity contribution in [3.8, 4) is 0 Å². The Bertz CT molecular complexity index is 319. The van der Waals surface area contributed by atoms with Crippen molar-refractivity contribution in [2.45, 2.75) is 37.7 Å². The molecule has 1 aliphatic heterocycles. The largest absolute Gasteiger partial charge is 0.389 e. The first kappa shape index (κ1) is 12.3. The molecule has 1 heterocycles. The van der Waals surface area contributed by atoms with Gasteiger partial charge in [-0.05, 0) is 12.8 Å². The topological polar surface area (TPSA) is 57.6 Å². The summed E-state index contributed by atoms with van der Waals surface area (Å²) in [5.74, 6) is 0.506. The van der Waals surface area contributed by atoms with Gasteiger partial charge in [-0.2, -0.15) is 0 Å². The van der Waals surface area contributed by atoms with Crippen molar-refractivity contribution in [2.75, 3.05) is 31.1 Å². The molecule has 2 rings (SSSR count). The Morgan fingerprint density at radius 1 is 1.06 bits per heavy atom. The Balaban J connectivity index is 1.86. The number of hydrogen-bond donors (Lipinski definition) is 1. The van der Waals surface area contributed by atoms with Gasteiger partial charge in [-0.15, -0.1) is 0 Å². The molecule has 0 atom stereocenters. The zero-order valence-corrected chi connectivity index (χ0v) is 10.5. The van der Waals surface area contributed by atoms with Crippen molar-refractivity contribution < 1.29 is 13.5 Å². The Kier molecular flexibility index (Phi) is 3.56. The van der Waals surface area contributed by atoms with Gasteiger partial charge in [0, 0.05) is 19.6 Å². The summed E-state index contributed by atoms with van der Waals surface area (Å²) in [5.41, 5.74) is -0.556. The first-order valence-corrected chi connectivity index (χ1v) is 7.97. The van der Waals surface area contributed by atoms with Crippen molar-refractivity contribution in [3.63, 3.8) is 0 Å². The second-order valence-corrected chi connectivity index (χ2v) is 7.52. The van der Waals surface area contributed by atoms with Crippen molar-refractivity contribution in [1.82, 2.24) is 4.90 Å². The molecule has 0 aromatic heterocycles. The second kappa shape index (κ2) is 4.63. The zero-order valence-electron chi connectivity index (χ0n) is 9.69. The van der Waals surface area contributed by atoms with E-state index in [2.05, 4.69) is 4.90 Å². The molecule has 2 fully saturated rings. The predicted molar refractivity (Wildman–Crippen MR) is 63.1 cm³/mol. The zero-order chi connectivity index (χ0) is 11.6. The molecule has 4 nitrogen and oxygen atoms in total. The lowest BCUT2D eigenvalue weighted by Gasteiger charge is -2.38. The van der Waals surface area contributed by atoms with Crippen LogP contribution < -0.4 is 0 Å². The van der Waals surface area contributed by atoms with E-state index in [0.717, 1.165) is 25.7 Å². The summed E-state index contributed by atoms with van der Waals surface area (Å²) in [6.45, 7) is 1.83. The van der Waals surface area contributed by atoms with E-state index in [1.165, 1.54) is 6.42 Å². The van der Waals surface area contributed by atoms with Crippen LogP contribution in [-0.4, -0.2) is 55.2 Å². The summed E-state index contributed by atoms with van der Waals surface area (Å²) in [4.78, 5) is 2.10. The van der Waals surface area contributed by atoms with E-state index >= 15 is 0 Å². The van der Waals surface area contributed by atoms with Crippen molar-refractivity contribution in [1.29, 1.82) is 0 Å². The van der Waals surface area contributed by atoms with Crippen molar-refractivity contribution in [3.05, 3.63) is 0 Å². The van der Waals surface area contributed by atoms with E-state index in [-0.39, 0.29) is 11.5 Å². The van der Waals surface area contributed by atoms with E-state index < -0.39 is 15.4 Å². The van der Waals surface area contributed by atoms with Crippen LogP contribution in [-0.2, 0) is 9.84 Å². The number of sulfone groups is 1. The van der Waals surface area contributed by atoms with Crippen LogP contribution in [0.25, 0.3) is 0 Å². The normalized spacial score (nSPS) is 30.1. The highest BCUT2D eigenvalue weighted by Crippen LogP contribution is 2.29. The van der Waals surface area contributed by atoms with Crippen LogP contribution in [0.3, 0.4) is 0 Å². The number of rotatable bonds is 2. The third kappa shape index (κ3) is 3.18. The molecular weight excluding hydrogens is 226 g/mol. The highest BCUT2D eigenvalue weighted by molar-refractivity contribution is 7.91. The van der Waals surface area contributed by atoms with Gasteiger partial charge in [0.2, 0.25) is 0 Å². The average Bonchev–Trinajstić information content (AvgIpc) is 2.22. The van der Waals surface area contributed by atoms with Crippen LogP contribution in [0.2, 0.25) is 0 Å². The molecule has 0 bridgehead atoms. The lowest BCUT2D eigenvalue weighted by Crippen LogP contribution is -2.49. The quantitative estimate of drug-likeness (QED) is 0.768. The minimum absolute atomic E-state index is 0.253. The van der Waals surface area contributed by atoms with E-state index in [9.17, 15) is 13.5 Å². The van der Waals surface area contributed by atoms with Crippen molar-refractivity contribution in [2.24, 2.45) is 0 Å². The first-order chi connectivity index (χ1) is 7.49. The van der Waals surface area contributed by atoms with Crippen LogP contribution in [0, 0.1) is 0 Å². The Morgan fingerprint density at radius 2 is 1.62 bits per heavy atom. The second-order valence-electron chi connectivity index (χ2n) is 5.21. The van der Waals surface area contributed by atoms with E-state index in [0.29, 0.717) is 19.6 Å². The summed E-state index contributed by atoms with van der Waals surface area (Å²) < 4.78 is 22.6.